The van der Waals surface area contributed by atoms with E-state index in [2.05, 4.69) is 17.4 Å². The number of fused-ring (bicyclic) bond motifs is 1. The van der Waals surface area contributed by atoms with Gasteiger partial charge in [-0.05, 0) is 55.2 Å². The van der Waals surface area contributed by atoms with Crippen molar-refractivity contribution in [2.45, 2.75) is 57.9 Å². The van der Waals surface area contributed by atoms with Crippen LogP contribution in [-0.4, -0.2) is 54.8 Å². The second kappa shape index (κ2) is 12.2. The van der Waals surface area contributed by atoms with Crippen LogP contribution in [0.3, 0.4) is 0 Å². The average Bonchev–Trinajstić information content (AvgIpc) is 3.57. The molecule has 2 amide bonds. The van der Waals surface area contributed by atoms with E-state index < -0.39 is 12.0 Å². The van der Waals surface area contributed by atoms with Crippen molar-refractivity contribution in [3.05, 3.63) is 72.0 Å². The number of amides is 2. The average molecular weight is 531 g/mol. The number of carbonyl (C=O) groups excluding carboxylic acids is 3. The standard InChI is InChI=1S/C32H38N2O5/c1-2-8-26(30(36)28-19-24-11-6-7-12-27(24)39-28)33-31(37)25(20-29(35)34-15-17-38-18-16-34)22-32(13-14-32)21-23-9-4-3-5-10-23/h3-7,9-12,19,25-26H,2,8,13-18,20-22H2,1H3,(H,33,37)/t25-,26-/m0/s1. The molecule has 5 rings (SSSR count). The molecule has 1 saturated heterocycles. The van der Waals surface area contributed by atoms with Crippen LogP contribution in [0.1, 0.15) is 61.6 Å². The lowest BCUT2D eigenvalue weighted by Crippen LogP contribution is -2.46. The first kappa shape index (κ1) is 27.1. The highest BCUT2D eigenvalue weighted by atomic mass is 16.5. The maximum absolute atomic E-state index is 13.8. The van der Waals surface area contributed by atoms with E-state index in [1.165, 1.54) is 5.56 Å². The maximum atomic E-state index is 13.8. The lowest BCUT2D eigenvalue weighted by Gasteiger charge is -2.30. The molecule has 1 N–H and O–H groups in total. The largest absolute Gasteiger partial charge is 0.453 e. The first-order valence-electron chi connectivity index (χ1n) is 14.2. The molecule has 1 saturated carbocycles. The molecule has 2 atom stereocenters. The number of furan rings is 1. The van der Waals surface area contributed by atoms with E-state index in [0.29, 0.717) is 44.7 Å². The second-order valence-corrected chi connectivity index (χ2v) is 11.1. The maximum Gasteiger partial charge on any atom is 0.224 e. The van der Waals surface area contributed by atoms with Gasteiger partial charge in [0.2, 0.25) is 17.6 Å². The smallest absolute Gasteiger partial charge is 0.224 e. The number of nitrogens with one attached hydrogen (secondary N) is 1. The molecule has 0 bridgehead atoms. The van der Waals surface area contributed by atoms with Gasteiger partial charge in [0, 0.05) is 30.8 Å². The summed E-state index contributed by atoms with van der Waals surface area (Å²) in [4.78, 5) is 42.3. The number of hydrogen-bond donors (Lipinski definition) is 1. The summed E-state index contributed by atoms with van der Waals surface area (Å²) in [6.45, 7) is 4.12. The van der Waals surface area contributed by atoms with Gasteiger partial charge < -0.3 is 19.4 Å². The van der Waals surface area contributed by atoms with Crippen LogP contribution in [0, 0.1) is 11.3 Å². The number of ketones is 1. The summed E-state index contributed by atoms with van der Waals surface area (Å²) in [6, 6.07) is 18.9. The van der Waals surface area contributed by atoms with Crippen molar-refractivity contribution in [1.82, 2.24) is 10.2 Å². The van der Waals surface area contributed by atoms with Gasteiger partial charge in [-0.2, -0.15) is 0 Å². The molecule has 0 spiro atoms. The lowest BCUT2D eigenvalue weighted by molar-refractivity contribution is -0.140. The summed E-state index contributed by atoms with van der Waals surface area (Å²) in [5.41, 5.74) is 1.91. The van der Waals surface area contributed by atoms with Crippen LogP contribution >= 0.6 is 0 Å². The third-order valence-corrected chi connectivity index (χ3v) is 8.09. The highest BCUT2D eigenvalue weighted by molar-refractivity contribution is 6.02. The van der Waals surface area contributed by atoms with E-state index in [1.54, 1.807) is 11.0 Å². The van der Waals surface area contributed by atoms with Crippen LogP contribution in [0.5, 0.6) is 0 Å². The van der Waals surface area contributed by atoms with Crippen LogP contribution in [0.2, 0.25) is 0 Å². The van der Waals surface area contributed by atoms with Crippen molar-refractivity contribution >= 4 is 28.6 Å². The van der Waals surface area contributed by atoms with Crippen molar-refractivity contribution in [1.29, 1.82) is 0 Å². The molecule has 7 nitrogen and oxygen atoms in total. The van der Waals surface area contributed by atoms with E-state index in [9.17, 15) is 14.4 Å². The van der Waals surface area contributed by atoms with E-state index in [0.717, 1.165) is 31.1 Å². The predicted molar refractivity (Wildman–Crippen MR) is 149 cm³/mol. The number of benzene rings is 2. The first-order chi connectivity index (χ1) is 19.0. The van der Waals surface area contributed by atoms with Crippen molar-refractivity contribution < 1.29 is 23.5 Å². The molecule has 2 fully saturated rings. The lowest BCUT2D eigenvalue weighted by atomic mass is 9.84. The molecule has 0 unspecified atom stereocenters. The fraction of sp³-hybridized carbons (Fsp3) is 0.469. The van der Waals surface area contributed by atoms with E-state index in [4.69, 9.17) is 9.15 Å². The van der Waals surface area contributed by atoms with Gasteiger partial charge in [0.25, 0.3) is 0 Å². The number of ether oxygens (including phenoxy) is 1. The number of para-hydroxylation sites is 1. The number of hydrogen-bond acceptors (Lipinski definition) is 5. The normalized spacial score (nSPS) is 17.9. The van der Waals surface area contributed by atoms with E-state index >= 15 is 0 Å². The molecule has 39 heavy (non-hydrogen) atoms. The Morgan fingerprint density at radius 1 is 1.00 bits per heavy atom. The van der Waals surface area contributed by atoms with E-state index in [-0.39, 0.29) is 35.2 Å². The number of morpholine rings is 1. The second-order valence-electron chi connectivity index (χ2n) is 11.1. The van der Waals surface area contributed by atoms with Crippen LogP contribution < -0.4 is 5.32 Å². The summed E-state index contributed by atoms with van der Waals surface area (Å²) in [6.07, 6.45) is 4.95. The Bertz CT molecular complexity index is 1260. The topological polar surface area (TPSA) is 88.9 Å². The van der Waals surface area contributed by atoms with Gasteiger partial charge in [-0.25, -0.2) is 0 Å². The van der Waals surface area contributed by atoms with Gasteiger partial charge >= 0.3 is 0 Å². The number of nitrogens with zero attached hydrogens (tertiary/aromatic N) is 1. The van der Waals surface area contributed by atoms with Gasteiger partial charge in [0.1, 0.15) is 5.58 Å². The highest BCUT2D eigenvalue weighted by Gasteiger charge is 2.46. The predicted octanol–water partition coefficient (Wildman–Crippen LogP) is 5.18. The van der Waals surface area contributed by atoms with Gasteiger partial charge in [-0.1, -0.05) is 61.9 Å². The van der Waals surface area contributed by atoms with Crippen LogP contribution in [0.25, 0.3) is 11.0 Å². The minimum Gasteiger partial charge on any atom is -0.453 e. The molecular formula is C32H38N2O5. The summed E-state index contributed by atoms with van der Waals surface area (Å²) in [5.74, 6) is -0.735. The van der Waals surface area contributed by atoms with Gasteiger partial charge in [-0.3, -0.25) is 14.4 Å². The highest BCUT2D eigenvalue weighted by Crippen LogP contribution is 2.53. The van der Waals surface area contributed by atoms with Crippen LogP contribution in [0.4, 0.5) is 0 Å². The van der Waals surface area contributed by atoms with Gasteiger partial charge in [0.05, 0.1) is 19.3 Å². The van der Waals surface area contributed by atoms with Crippen molar-refractivity contribution in [3.8, 4) is 0 Å². The van der Waals surface area contributed by atoms with E-state index in [1.807, 2.05) is 49.4 Å². The quantitative estimate of drug-likeness (QED) is 0.326. The zero-order chi connectivity index (χ0) is 27.2. The number of Topliss-reactive ketones (excluding diaryl/α,β-unsaturated/α-hetero) is 1. The molecule has 2 heterocycles. The molecule has 206 valence electrons. The molecule has 3 aromatic rings. The monoisotopic (exact) mass is 530 g/mol. The fourth-order valence-electron chi connectivity index (χ4n) is 5.71. The zero-order valence-corrected chi connectivity index (χ0v) is 22.7. The molecule has 1 aliphatic carbocycles. The minimum absolute atomic E-state index is 0.0116. The third-order valence-electron chi connectivity index (χ3n) is 8.09. The number of rotatable bonds is 12. The Hall–Kier alpha value is -3.45. The fourth-order valence-corrected chi connectivity index (χ4v) is 5.71. The third kappa shape index (κ3) is 6.77. The molecular weight excluding hydrogens is 492 g/mol. The molecule has 7 heteroatoms. The molecule has 2 aromatic carbocycles. The van der Waals surface area contributed by atoms with Gasteiger partial charge in [-0.15, -0.1) is 0 Å². The Labute approximate surface area is 229 Å². The molecule has 0 radical (unpaired) electrons. The first-order valence-corrected chi connectivity index (χ1v) is 14.2. The zero-order valence-electron chi connectivity index (χ0n) is 22.7. The summed E-state index contributed by atoms with van der Waals surface area (Å²) in [7, 11) is 0. The van der Waals surface area contributed by atoms with Crippen molar-refractivity contribution in [2.24, 2.45) is 11.3 Å². The van der Waals surface area contributed by atoms with Crippen molar-refractivity contribution in [3.63, 3.8) is 0 Å². The summed E-state index contributed by atoms with van der Waals surface area (Å²) < 4.78 is 11.2. The Morgan fingerprint density at radius 3 is 2.41 bits per heavy atom. The van der Waals surface area contributed by atoms with Crippen molar-refractivity contribution in [2.75, 3.05) is 26.3 Å². The molecule has 2 aliphatic rings. The molecule has 1 aliphatic heterocycles. The Morgan fingerprint density at radius 2 is 1.72 bits per heavy atom. The minimum atomic E-state index is -0.701. The Balaban J connectivity index is 1.33. The SMILES string of the molecule is CCC[C@H](NC(=O)[C@@H](CC(=O)N1CCOCC1)CC1(Cc2ccccc2)CC1)C(=O)c1cc2ccccc2o1. The number of carbonyl (C=O) groups is 3. The Kier molecular flexibility index (Phi) is 8.46. The van der Waals surface area contributed by atoms with Crippen LogP contribution in [-0.2, 0) is 20.7 Å². The molecule has 1 aromatic heterocycles. The van der Waals surface area contributed by atoms with Crippen LogP contribution in [0.15, 0.2) is 65.1 Å². The summed E-state index contributed by atoms with van der Waals surface area (Å²) >= 11 is 0. The van der Waals surface area contributed by atoms with Gasteiger partial charge in [0.15, 0.2) is 5.76 Å². The summed E-state index contributed by atoms with van der Waals surface area (Å²) in [5, 5.41) is 3.89.